The molecule has 2 aliphatic rings. The van der Waals surface area contributed by atoms with Crippen molar-refractivity contribution in [1.82, 2.24) is 15.2 Å². The number of ether oxygens (including phenoxy) is 1. The second-order valence-corrected chi connectivity index (χ2v) is 7.90. The number of hydrogen-bond donors (Lipinski definition) is 1. The van der Waals surface area contributed by atoms with E-state index in [1.165, 1.54) is 17.2 Å². The SMILES string of the molecule is O=C1N(Cc2ncccc2C(F)(F)F)c2ccccc2C12COc1cc3[nH]ncc3cc12. The standard InChI is InChI=1S/C23H15F3N4O2/c24-23(25,26)14-5-3-7-27-18(14)11-30-19-6-2-1-4-15(19)22(21(30)31)12-32-20-9-17-13(8-16(20)22)10-28-29-17/h1-10H,11-12H2,(H,28,29). The molecule has 1 unspecified atom stereocenters. The van der Waals surface area contributed by atoms with Crippen molar-refractivity contribution < 1.29 is 22.7 Å². The molecule has 4 heterocycles. The lowest BCUT2D eigenvalue weighted by Crippen LogP contribution is -2.42. The number of fused-ring (bicyclic) bond motifs is 5. The summed E-state index contributed by atoms with van der Waals surface area (Å²) in [6, 6.07) is 13.0. The van der Waals surface area contributed by atoms with E-state index in [1.807, 2.05) is 18.2 Å². The minimum Gasteiger partial charge on any atom is -0.491 e. The van der Waals surface area contributed by atoms with E-state index in [9.17, 15) is 18.0 Å². The Morgan fingerprint density at radius 1 is 1.12 bits per heavy atom. The molecule has 0 saturated heterocycles. The van der Waals surface area contributed by atoms with E-state index in [4.69, 9.17) is 4.74 Å². The monoisotopic (exact) mass is 436 g/mol. The fourth-order valence-electron chi connectivity index (χ4n) is 4.74. The van der Waals surface area contributed by atoms with Crippen LogP contribution in [0.1, 0.15) is 22.4 Å². The number of nitrogens with one attached hydrogen (secondary N) is 1. The third-order valence-electron chi connectivity index (χ3n) is 6.21. The molecule has 1 spiro atoms. The topological polar surface area (TPSA) is 71.1 Å². The van der Waals surface area contributed by atoms with Crippen LogP contribution < -0.4 is 9.64 Å². The number of anilines is 1. The Bertz CT molecular complexity index is 1400. The number of carbonyl (C=O) groups excluding carboxylic acids is 1. The number of benzene rings is 2. The predicted octanol–water partition coefficient (Wildman–Crippen LogP) is 4.20. The van der Waals surface area contributed by atoms with E-state index in [-0.39, 0.29) is 24.8 Å². The Kier molecular flexibility index (Phi) is 3.72. The van der Waals surface area contributed by atoms with Crippen LogP contribution in [0.2, 0.25) is 0 Å². The highest BCUT2D eigenvalue weighted by Gasteiger charge is 2.57. The first-order chi connectivity index (χ1) is 15.4. The Labute approximate surface area is 179 Å². The maximum absolute atomic E-state index is 13.9. The van der Waals surface area contributed by atoms with Gasteiger partial charge in [0.15, 0.2) is 0 Å². The lowest BCUT2D eigenvalue weighted by molar-refractivity contribution is -0.138. The quantitative estimate of drug-likeness (QED) is 0.511. The molecular weight excluding hydrogens is 421 g/mol. The Hall–Kier alpha value is -3.88. The number of H-pyrrole nitrogens is 1. The first-order valence-electron chi connectivity index (χ1n) is 9.92. The zero-order chi connectivity index (χ0) is 22.1. The molecule has 0 radical (unpaired) electrons. The largest absolute Gasteiger partial charge is 0.491 e. The number of nitrogens with zero attached hydrogens (tertiary/aromatic N) is 3. The number of para-hydroxylation sites is 1. The third-order valence-corrected chi connectivity index (χ3v) is 6.21. The lowest BCUT2D eigenvalue weighted by atomic mass is 9.77. The molecule has 2 aromatic carbocycles. The van der Waals surface area contributed by atoms with Crippen molar-refractivity contribution in [1.29, 1.82) is 0 Å². The van der Waals surface area contributed by atoms with Gasteiger partial charge in [0, 0.05) is 28.9 Å². The average Bonchev–Trinajstić information content (AvgIpc) is 3.45. The van der Waals surface area contributed by atoms with Gasteiger partial charge in [-0.15, -0.1) is 0 Å². The summed E-state index contributed by atoms with van der Waals surface area (Å²) in [6.07, 6.45) is -1.61. The van der Waals surface area contributed by atoms with E-state index >= 15 is 0 Å². The average molecular weight is 436 g/mol. The summed E-state index contributed by atoms with van der Waals surface area (Å²) in [7, 11) is 0. The first-order valence-corrected chi connectivity index (χ1v) is 9.92. The molecule has 0 fully saturated rings. The summed E-state index contributed by atoms with van der Waals surface area (Å²) in [5.41, 5.74) is 0.531. The number of aromatic amines is 1. The van der Waals surface area contributed by atoms with Crippen LogP contribution in [0.4, 0.5) is 18.9 Å². The fraction of sp³-hybridized carbons (Fsp3) is 0.174. The van der Waals surface area contributed by atoms with Crippen molar-refractivity contribution in [3.8, 4) is 5.75 Å². The molecule has 1 N–H and O–H groups in total. The van der Waals surface area contributed by atoms with Gasteiger partial charge in [-0.1, -0.05) is 18.2 Å². The van der Waals surface area contributed by atoms with Crippen molar-refractivity contribution >= 4 is 22.5 Å². The van der Waals surface area contributed by atoms with Gasteiger partial charge >= 0.3 is 6.18 Å². The second-order valence-electron chi connectivity index (χ2n) is 7.90. The molecule has 160 valence electrons. The van der Waals surface area contributed by atoms with Gasteiger partial charge in [-0.05, 0) is 29.8 Å². The molecule has 0 saturated carbocycles. The highest BCUT2D eigenvalue weighted by molar-refractivity contribution is 6.12. The van der Waals surface area contributed by atoms with Gasteiger partial charge in [-0.25, -0.2) is 0 Å². The van der Waals surface area contributed by atoms with Crippen LogP contribution in [0.3, 0.4) is 0 Å². The lowest BCUT2D eigenvalue weighted by Gasteiger charge is -2.23. The van der Waals surface area contributed by atoms with Crippen molar-refractivity contribution in [2.24, 2.45) is 0 Å². The van der Waals surface area contributed by atoms with Crippen LogP contribution in [-0.4, -0.2) is 27.7 Å². The van der Waals surface area contributed by atoms with E-state index in [1.54, 1.807) is 24.4 Å². The van der Waals surface area contributed by atoms with Crippen molar-refractivity contribution in [3.63, 3.8) is 0 Å². The van der Waals surface area contributed by atoms with Gasteiger partial charge in [-0.3, -0.25) is 14.9 Å². The van der Waals surface area contributed by atoms with E-state index < -0.39 is 17.2 Å². The number of aromatic nitrogens is 3. The van der Waals surface area contributed by atoms with E-state index in [0.717, 1.165) is 17.0 Å². The van der Waals surface area contributed by atoms with Crippen molar-refractivity contribution in [2.75, 3.05) is 11.5 Å². The van der Waals surface area contributed by atoms with E-state index in [2.05, 4.69) is 15.2 Å². The number of amides is 1. The third kappa shape index (κ3) is 2.44. The maximum atomic E-state index is 13.9. The van der Waals surface area contributed by atoms with Crippen LogP contribution in [0.5, 0.6) is 5.75 Å². The van der Waals surface area contributed by atoms with Crippen LogP contribution in [0, 0.1) is 0 Å². The summed E-state index contributed by atoms with van der Waals surface area (Å²) < 4.78 is 46.6. The molecule has 9 heteroatoms. The fourth-order valence-corrected chi connectivity index (χ4v) is 4.74. The number of pyridine rings is 1. The number of alkyl halides is 3. The molecule has 32 heavy (non-hydrogen) atoms. The molecule has 0 aliphatic carbocycles. The smallest absolute Gasteiger partial charge is 0.418 e. The highest BCUT2D eigenvalue weighted by Crippen LogP contribution is 2.53. The second kappa shape index (κ2) is 6.32. The minimum absolute atomic E-state index is 0.0725. The number of carbonyl (C=O) groups is 1. The molecule has 4 aromatic rings. The number of hydrogen-bond acceptors (Lipinski definition) is 4. The zero-order valence-electron chi connectivity index (χ0n) is 16.5. The van der Waals surface area contributed by atoms with Gasteiger partial charge in [0.25, 0.3) is 0 Å². The Balaban J connectivity index is 1.51. The predicted molar refractivity (Wildman–Crippen MR) is 109 cm³/mol. The zero-order valence-corrected chi connectivity index (χ0v) is 16.5. The number of halogens is 3. The van der Waals surface area contributed by atoms with Gasteiger partial charge in [0.2, 0.25) is 5.91 Å². The maximum Gasteiger partial charge on any atom is 0.418 e. The van der Waals surface area contributed by atoms with E-state index in [0.29, 0.717) is 22.6 Å². The van der Waals surface area contributed by atoms with Gasteiger partial charge in [0.05, 0.1) is 29.5 Å². The molecule has 1 atom stereocenters. The van der Waals surface area contributed by atoms with Crippen LogP contribution >= 0.6 is 0 Å². The molecule has 6 rings (SSSR count). The first kappa shape index (κ1) is 18.9. The summed E-state index contributed by atoms with van der Waals surface area (Å²) in [6.45, 7) is -0.223. The molecule has 2 aliphatic heterocycles. The normalized spacial score (nSPS) is 19.5. The summed E-state index contributed by atoms with van der Waals surface area (Å²) in [5, 5.41) is 7.73. The molecule has 6 nitrogen and oxygen atoms in total. The molecule has 2 aromatic heterocycles. The van der Waals surface area contributed by atoms with Crippen LogP contribution in [0.25, 0.3) is 10.9 Å². The van der Waals surface area contributed by atoms with Crippen molar-refractivity contribution in [3.05, 3.63) is 83.3 Å². The highest BCUT2D eigenvalue weighted by atomic mass is 19.4. The summed E-state index contributed by atoms with van der Waals surface area (Å²) in [5.74, 6) is 0.222. The number of rotatable bonds is 2. The van der Waals surface area contributed by atoms with Gasteiger partial charge in [-0.2, -0.15) is 18.3 Å². The van der Waals surface area contributed by atoms with Crippen LogP contribution in [0.15, 0.2) is 60.9 Å². The molecule has 0 bridgehead atoms. The summed E-state index contributed by atoms with van der Waals surface area (Å²) >= 11 is 0. The Morgan fingerprint density at radius 2 is 1.97 bits per heavy atom. The molecule has 1 amide bonds. The van der Waals surface area contributed by atoms with Crippen molar-refractivity contribution in [2.45, 2.75) is 18.1 Å². The van der Waals surface area contributed by atoms with Crippen LogP contribution in [-0.2, 0) is 22.9 Å². The molecular formula is C23H15F3N4O2. The summed E-state index contributed by atoms with van der Waals surface area (Å²) in [4.78, 5) is 19.2. The van der Waals surface area contributed by atoms with Gasteiger partial charge < -0.3 is 9.64 Å². The minimum atomic E-state index is -4.57. The Morgan fingerprint density at radius 3 is 2.81 bits per heavy atom. The van der Waals surface area contributed by atoms with Gasteiger partial charge in [0.1, 0.15) is 17.8 Å².